The molecule has 1 aromatic carbocycles. The van der Waals surface area contributed by atoms with Gasteiger partial charge >= 0.3 is 5.97 Å². The van der Waals surface area contributed by atoms with E-state index < -0.39 is 12.1 Å². The van der Waals surface area contributed by atoms with Crippen molar-refractivity contribution in [1.82, 2.24) is 4.90 Å². The number of nitrogens with zero attached hydrogens (tertiary/aromatic N) is 1. The summed E-state index contributed by atoms with van der Waals surface area (Å²) in [5.74, 6) is -0.158. The fraction of sp³-hybridized carbons (Fsp3) is 0.556. The number of morpholine rings is 1. The third-order valence-corrected chi connectivity index (χ3v) is 4.33. The molecule has 0 aromatic heterocycles. The third kappa shape index (κ3) is 5.02. The summed E-state index contributed by atoms with van der Waals surface area (Å²) in [6.07, 6.45) is -0.159. The summed E-state index contributed by atoms with van der Waals surface area (Å²) in [5.41, 5.74) is 0.314. The molecule has 1 heterocycles. The molecule has 1 amide bonds. The second kappa shape index (κ2) is 9.09. The van der Waals surface area contributed by atoms with Crippen molar-refractivity contribution in [3.63, 3.8) is 0 Å². The van der Waals surface area contributed by atoms with Gasteiger partial charge in [0, 0.05) is 12.1 Å². The zero-order valence-electron chi connectivity index (χ0n) is 15.2. The second-order valence-corrected chi connectivity index (χ2v) is 6.88. The van der Waals surface area contributed by atoms with E-state index in [2.05, 4.69) is 13.8 Å². The van der Waals surface area contributed by atoms with Gasteiger partial charge in [-0.25, -0.2) is 4.79 Å². The van der Waals surface area contributed by atoms with E-state index in [4.69, 9.17) is 30.9 Å². The van der Waals surface area contributed by atoms with Gasteiger partial charge in [-0.3, -0.25) is 4.79 Å². The van der Waals surface area contributed by atoms with Crippen LogP contribution in [-0.4, -0.2) is 61.4 Å². The van der Waals surface area contributed by atoms with Crippen LogP contribution in [0, 0.1) is 5.92 Å². The highest BCUT2D eigenvalue weighted by molar-refractivity contribution is 6.32. The molecule has 0 radical (unpaired) electrons. The molecule has 1 atom stereocenters. The van der Waals surface area contributed by atoms with Crippen LogP contribution in [-0.2, 0) is 9.53 Å². The van der Waals surface area contributed by atoms with Crippen molar-refractivity contribution in [2.75, 3.05) is 33.4 Å². The Morgan fingerprint density at radius 3 is 2.77 bits per heavy atom. The molecule has 1 aliphatic rings. The van der Waals surface area contributed by atoms with Gasteiger partial charge in [0.25, 0.3) is 5.91 Å². The number of halogens is 1. The maximum Gasteiger partial charge on any atom is 0.334 e. The largest absolute Gasteiger partial charge is 0.493 e. The SMILES string of the molecule is COc1cc(C(=O)N2CCOC(C(=O)O)C2)cc(Cl)c1OCCC(C)C. The lowest BCUT2D eigenvalue weighted by Gasteiger charge is -2.31. The molecule has 0 saturated carbocycles. The Labute approximate surface area is 157 Å². The number of rotatable bonds is 7. The van der Waals surface area contributed by atoms with Crippen molar-refractivity contribution in [3.8, 4) is 11.5 Å². The smallest absolute Gasteiger partial charge is 0.334 e. The summed E-state index contributed by atoms with van der Waals surface area (Å²) in [6.45, 7) is 5.15. The first kappa shape index (κ1) is 20.3. The number of ether oxygens (including phenoxy) is 3. The fourth-order valence-electron chi connectivity index (χ4n) is 2.55. The molecule has 1 fully saturated rings. The molecule has 7 nitrogen and oxygen atoms in total. The Balaban J connectivity index is 2.17. The minimum Gasteiger partial charge on any atom is -0.493 e. The van der Waals surface area contributed by atoms with E-state index in [9.17, 15) is 9.59 Å². The molecule has 1 aliphatic heterocycles. The highest BCUT2D eigenvalue weighted by Crippen LogP contribution is 2.37. The maximum absolute atomic E-state index is 12.7. The Morgan fingerprint density at radius 1 is 1.42 bits per heavy atom. The lowest BCUT2D eigenvalue weighted by Crippen LogP contribution is -2.48. The summed E-state index contributed by atoms with van der Waals surface area (Å²) in [4.78, 5) is 25.2. The first-order valence-corrected chi connectivity index (χ1v) is 8.85. The highest BCUT2D eigenvalue weighted by atomic mass is 35.5. The normalized spacial score (nSPS) is 17.3. The first-order valence-electron chi connectivity index (χ1n) is 8.47. The quantitative estimate of drug-likeness (QED) is 0.776. The molecule has 0 aliphatic carbocycles. The topological polar surface area (TPSA) is 85.3 Å². The standard InChI is InChI=1S/C18H24ClNO6/c1-11(2)4-6-26-16-13(19)8-12(9-14(16)24-3)17(21)20-5-7-25-15(10-20)18(22)23/h8-9,11,15H,4-7,10H2,1-3H3,(H,22,23). The van der Waals surface area contributed by atoms with Crippen LogP contribution in [0.3, 0.4) is 0 Å². The van der Waals surface area contributed by atoms with Gasteiger partial charge in [0.2, 0.25) is 0 Å². The van der Waals surface area contributed by atoms with Crippen molar-refractivity contribution in [2.45, 2.75) is 26.4 Å². The Kier molecular flexibility index (Phi) is 7.11. The third-order valence-electron chi connectivity index (χ3n) is 4.05. The zero-order chi connectivity index (χ0) is 19.3. The number of carbonyl (C=O) groups excluding carboxylic acids is 1. The van der Waals surface area contributed by atoms with E-state index in [1.54, 1.807) is 6.07 Å². The van der Waals surface area contributed by atoms with Crippen LogP contribution in [0.25, 0.3) is 0 Å². The monoisotopic (exact) mass is 385 g/mol. The summed E-state index contributed by atoms with van der Waals surface area (Å²) in [7, 11) is 1.48. The number of carboxylic acids is 1. The molecule has 1 N–H and O–H groups in total. The van der Waals surface area contributed by atoms with Gasteiger partial charge in [-0.15, -0.1) is 0 Å². The Morgan fingerprint density at radius 2 is 2.15 bits per heavy atom. The van der Waals surface area contributed by atoms with Gasteiger partial charge in [0.15, 0.2) is 17.6 Å². The molecule has 0 spiro atoms. The van der Waals surface area contributed by atoms with Crippen LogP contribution < -0.4 is 9.47 Å². The van der Waals surface area contributed by atoms with Crippen LogP contribution in [0.2, 0.25) is 5.02 Å². The van der Waals surface area contributed by atoms with Crippen LogP contribution >= 0.6 is 11.6 Å². The van der Waals surface area contributed by atoms with Gasteiger partial charge in [-0.05, 0) is 24.5 Å². The van der Waals surface area contributed by atoms with Crippen molar-refractivity contribution in [2.24, 2.45) is 5.92 Å². The highest BCUT2D eigenvalue weighted by Gasteiger charge is 2.30. The molecule has 8 heteroatoms. The number of hydrogen-bond acceptors (Lipinski definition) is 5. The van der Waals surface area contributed by atoms with Crippen molar-refractivity contribution >= 4 is 23.5 Å². The van der Waals surface area contributed by atoms with E-state index in [1.165, 1.54) is 18.1 Å². The minimum absolute atomic E-state index is 0.0132. The van der Waals surface area contributed by atoms with Gasteiger partial charge in [-0.2, -0.15) is 0 Å². The van der Waals surface area contributed by atoms with Crippen molar-refractivity contribution in [1.29, 1.82) is 0 Å². The van der Waals surface area contributed by atoms with Crippen LogP contribution in [0.15, 0.2) is 12.1 Å². The Bertz CT molecular complexity index is 663. The number of carboxylic acid groups (broad SMARTS) is 1. The average molecular weight is 386 g/mol. The molecule has 0 bridgehead atoms. The van der Waals surface area contributed by atoms with Crippen LogP contribution in [0.5, 0.6) is 11.5 Å². The van der Waals surface area contributed by atoms with Gasteiger partial charge in [-0.1, -0.05) is 25.4 Å². The first-order chi connectivity index (χ1) is 12.3. The van der Waals surface area contributed by atoms with Gasteiger partial charge < -0.3 is 24.2 Å². The van der Waals surface area contributed by atoms with E-state index >= 15 is 0 Å². The number of hydrogen-bond donors (Lipinski definition) is 1. The fourth-order valence-corrected chi connectivity index (χ4v) is 2.81. The molecule has 1 saturated heterocycles. The molecule has 144 valence electrons. The van der Waals surface area contributed by atoms with Crippen molar-refractivity contribution < 1.29 is 28.9 Å². The lowest BCUT2D eigenvalue weighted by atomic mass is 10.1. The zero-order valence-corrected chi connectivity index (χ0v) is 15.9. The second-order valence-electron chi connectivity index (χ2n) is 6.47. The summed E-state index contributed by atoms with van der Waals surface area (Å²) in [6, 6.07) is 3.08. The molecule has 26 heavy (non-hydrogen) atoms. The van der Waals surface area contributed by atoms with Crippen molar-refractivity contribution in [3.05, 3.63) is 22.7 Å². The summed E-state index contributed by atoms with van der Waals surface area (Å²) >= 11 is 6.30. The number of benzene rings is 1. The maximum atomic E-state index is 12.7. The van der Waals surface area contributed by atoms with E-state index in [-0.39, 0.29) is 24.1 Å². The number of amides is 1. The number of aliphatic carboxylic acids is 1. The average Bonchev–Trinajstić information content (AvgIpc) is 2.61. The van der Waals surface area contributed by atoms with Gasteiger partial charge in [0.1, 0.15) is 0 Å². The Hall–Kier alpha value is -1.99. The van der Waals surface area contributed by atoms with E-state index in [1.807, 2.05) is 0 Å². The predicted molar refractivity (Wildman–Crippen MR) is 96.2 cm³/mol. The van der Waals surface area contributed by atoms with E-state index in [0.717, 1.165) is 6.42 Å². The summed E-state index contributed by atoms with van der Waals surface area (Å²) < 4.78 is 16.2. The molecule has 1 unspecified atom stereocenters. The van der Waals surface area contributed by atoms with Crippen LogP contribution in [0.1, 0.15) is 30.6 Å². The van der Waals surface area contributed by atoms with Gasteiger partial charge in [0.05, 0.1) is 31.9 Å². The lowest BCUT2D eigenvalue weighted by molar-refractivity contribution is -0.154. The number of methoxy groups -OCH3 is 1. The molecular weight excluding hydrogens is 362 g/mol. The minimum atomic E-state index is -1.09. The summed E-state index contributed by atoms with van der Waals surface area (Å²) in [5, 5.41) is 9.35. The predicted octanol–water partition coefficient (Wildman–Crippen LogP) is 2.70. The number of carbonyl (C=O) groups is 2. The molecular formula is C18H24ClNO6. The van der Waals surface area contributed by atoms with Crippen LogP contribution in [0.4, 0.5) is 0 Å². The van der Waals surface area contributed by atoms with E-state index in [0.29, 0.717) is 36.1 Å². The molecule has 1 aromatic rings. The molecule has 2 rings (SSSR count).